The summed E-state index contributed by atoms with van der Waals surface area (Å²) in [4.78, 5) is 26.2. The van der Waals surface area contributed by atoms with Crippen LogP contribution < -0.4 is 4.90 Å². The number of ether oxygens (including phenoxy) is 1. The van der Waals surface area contributed by atoms with Crippen molar-refractivity contribution in [3.63, 3.8) is 0 Å². The highest BCUT2D eigenvalue weighted by atomic mass is 32.1. The highest BCUT2D eigenvalue weighted by Gasteiger charge is 2.34. The van der Waals surface area contributed by atoms with Gasteiger partial charge in [0.15, 0.2) is 0 Å². The Labute approximate surface area is 136 Å². The second kappa shape index (κ2) is 6.45. The molecule has 0 saturated carbocycles. The molecule has 1 aliphatic rings. The number of anilines is 1. The van der Waals surface area contributed by atoms with Gasteiger partial charge in [-0.15, -0.1) is 0 Å². The summed E-state index contributed by atoms with van der Waals surface area (Å²) in [6, 6.07) is 5.87. The maximum atomic E-state index is 13.5. The number of hydrogen-bond donors (Lipinski definition) is 0. The predicted molar refractivity (Wildman–Crippen MR) is 84.0 cm³/mol. The Balaban J connectivity index is 1.97. The van der Waals surface area contributed by atoms with Crippen LogP contribution in [0.15, 0.2) is 29.6 Å². The summed E-state index contributed by atoms with van der Waals surface area (Å²) in [6.07, 6.45) is 0.354. The molecule has 1 atom stereocenters. The zero-order valence-electron chi connectivity index (χ0n) is 12.5. The molecule has 1 amide bonds. The van der Waals surface area contributed by atoms with Crippen molar-refractivity contribution < 1.29 is 18.7 Å². The van der Waals surface area contributed by atoms with Crippen LogP contribution in [0.5, 0.6) is 0 Å². The van der Waals surface area contributed by atoms with Gasteiger partial charge in [-0.2, -0.15) is 4.37 Å². The molecule has 0 aliphatic carbocycles. The van der Waals surface area contributed by atoms with Crippen molar-refractivity contribution in [2.24, 2.45) is 5.92 Å². The molecule has 0 spiro atoms. The highest BCUT2D eigenvalue weighted by molar-refractivity contribution is 7.03. The van der Waals surface area contributed by atoms with Crippen LogP contribution in [0.25, 0.3) is 0 Å². The number of amides is 1. The standard InChI is InChI=1S/C16H15FN2O3S/c1-2-22-16(21)11-7-10-8-12(17)3-4-14(10)19(9-11)15(20)13-5-6-23-18-13/h3-6,8,11H,2,7,9H2,1H3. The molecule has 5 nitrogen and oxygen atoms in total. The van der Waals surface area contributed by atoms with Crippen LogP contribution in [0.2, 0.25) is 0 Å². The number of hydrogen-bond acceptors (Lipinski definition) is 5. The van der Waals surface area contributed by atoms with Gasteiger partial charge in [-0.05, 0) is 54.7 Å². The first-order valence-corrected chi connectivity index (χ1v) is 8.11. The number of aromatic nitrogens is 1. The predicted octanol–water partition coefficient (Wildman–Crippen LogP) is 2.66. The smallest absolute Gasteiger partial charge is 0.311 e. The van der Waals surface area contributed by atoms with E-state index in [9.17, 15) is 14.0 Å². The minimum absolute atomic E-state index is 0.202. The number of esters is 1. The van der Waals surface area contributed by atoms with E-state index < -0.39 is 11.7 Å². The third-order valence-corrected chi connectivity index (χ3v) is 4.28. The normalized spacial score (nSPS) is 16.8. The minimum Gasteiger partial charge on any atom is -0.466 e. The number of benzene rings is 1. The molecule has 1 unspecified atom stereocenters. The van der Waals surface area contributed by atoms with E-state index in [0.29, 0.717) is 23.4 Å². The third-order valence-electron chi connectivity index (χ3n) is 3.72. The second-order valence-electron chi connectivity index (χ2n) is 5.23. The molecular weight excluding hydrogens is 319 g/mol. The van der Waals surface area contributed by atoms with Crippen molar-refractivity contribution in [3.8, 4) is 0 Å². The SMILES string of the molecule is CCOC(=O)C1Cc2cc(F)ccc2N(C(=O)c2ccsn2)C1. The first kappa shape index (κ1) is 15.6. The summed E-state index contributed by atoms with van der Waals surface area (Å²) in [5.41, 5.74) is 1.55. The number of carbonyl (C=O) groups excluding carboxylic acids is 2. The van der Waals surface area contributed by atoms with Crippen LogP contribution in [-0.4, -0.2) is 29.4 Å². The lowest BCUT2D eigenvalue weighted by atomic mass is 9.92. The Kier molecular flexibility index (Phi) is 4.38. The molecule has 7 heteroatoms. The van der Waals surface area contributed by atoms with E-state index >= 15 is 0 Å². The molecule has 1 aliphatic heterocycles. The van der Waals surface area contributed by atoms with Crippen LogP contribution >= 0.6 is 11.5 Å². The minimum atomic E-state index is -0.508. The average Bonchev–Trinajstić information content (AvgIpc) is 3.07. The number of fused-ring (bicyclic) bond motifs is 1. The van der Waals surface area contributed by atoms with E-state index in [0.717, 1.165) is 0 Å². The van der Waals surface area contributed by atoms with Crippen molar-refractivity contribution in [2.45, 2.75) is 13.3 Å². The van der Waals surface area contributed by atoms with Gasteiger partial charge in [0.05, 0.1) is 12.5 Å². The molecule has 0 radical (unpaired) electrons. The largest absolute Gasteiger partial charge is 0.466 e. The van der Waals surface area contributed by atoms with Crippen LogP contribution in [0.4, 0.5) is 10.1 Å². The molecule has 3 rings (SSSR count). The quantitative estimate of drug-likeness (QED) is 0.810. The molecule has 1 aromatic heterocycles. The van der Waals surface area contributed by atoms with Crippen molar-refractivity contribution in [1.82, 2.24) is 4.37 Å². The highest BCUT2D eigenvalue weighted by Crippen LogP contribution is 2.32. The van der Waals surface area contributed by atoms with Gasteiger partial charge in [-0.25, -0.2) is 4.39 Å². The maximum Gasteiger partial charge on any atom is 0.311 e. The van der Waals surface area contributed by atoms with Crippen LogP contribution in [0, 0.1) is 11.7 Å². The van der Waals surface area contributed by atoms with Crippen molar-refractivity contribution in [2.75, 3.05) is 18.1 Å². The van der Waals surface area contributed by atoms with Gasteiger partial charge in [-0.3, -0.25) is 9.59 Å². The summed E-state index contributed by atoms with van der Waals surface area (Å²) >= 11 is 1.18. The summed E-state index contributed by atoms with van der Waals surface area (Å²) in [6.45, 7) is 2.20. The molecular formula is C16H15FN2O3S. The van der Waals surface area contributed by atoms with Crippen LogP contribution in [0.1, 0.15) is 23.0 Å². The van der Waals surface area contributed by atoms with E-state index in [1.165, 1.54) is 28.6 Å². The average molecular weight is 334 g/mol. The fraction of sp³-hybridized carbons (Fsp3) is 0.312. The van der Waals surface area contributed by atoms with Gasteiger partial charge < -0.3 is 9.64 Å². The van der Waals surface area contributed by atoms with E-state index in [1.807, 2.05) is 0 Å². The second-order valence-corrected chi connectivity index (χ2v) is 5.89. The van der Waals surface area contributed by atoms with Crippen molar-refractivity contribution >= 4 is 29.1 Å². The summed E-state index contributed by atoms with van der Waals surface area (Å²) < 4.78 is 22.7. The summed E-state index contributed by atoms with van der Waals surface area (Å²) in [5.74, 6) is -1.58. The number of rotatable bonds is 3. The molecule has 0 N–H and O–H groups in total. The molecule has 1 aromatic carbocycles. The lowest BCUT2D eigenvalue weighted by Crippen LogP contribution is -2.43. The number of carbonyl (C=O) groups is 2. The van der Waals surface area contributed by atoms with Crippen molar-refractivity contribution in [1.29, 1.82) is 0 Å². The third kappa shape index (κ3) is 3.10. The van der Waals surface area contributed by atoms with Gasteiger partial charge in [-0.1, -0.05) is 0 Å². The van der Waals surface area contributed by atoms with E-state index in [1.54, 1.807) is 24.4 Å². The fourth-order valence-corrected chi connectivity index (χ4v) is 3.20. The summed E-state index contributed by atoms with van der Waals surface area (Å²) in [5, 5.41) is 1.71. The zero-order chi connectivity index (χ0) is 16.4. The van der Waals surface area contributed by atoms with Crippen LogP contribution in [-0.2, 0) is 16.0 Å². The molecule has 2 heterocycles. The Morgan fingerprint density at radius 1 is 1.43 bits per heavy atom. The topological polar surface area (TPSA) is 59.5 Å². The maximum absolute atomic E-state index is 13.5. The Hall–Kier alpha value is -2.28. The van der Waals surface area contributed by atoms with Crippen molar-refractivity contribution in [3.05, 3.63) is 46.7 Å². The Bertz CT molecular complexity index is 733. The molecule has 120 valence electrons. The van der Waals surface area contributed by atoms with Crippen LogP contribution in [0.3, 0.4) is 0 Å². The lowest BCUT2D eigenvalue weighted by Gasteiger charge is -2.33. The Morgan fingerprint density at radius 2 is 2.26 bits per heavy atom. The molecule has 0 bridgehead atoms. The Morgan fingerprint density at radius 3 is 2.96 bits per heavy atom. The van der Waals surface area contributed by atoms with E-state index in [-0.39, 0.29) is 25.0 Å². The fourth-order valence-electron chi connectivity index (χ4n) is 2.70. The van der Waals surface area contributed by atoms with Gasteiger partial charge in [0.1, 0.15) is 11.5 Å². The monoisotopic (exact) mass is 334 g/mol. The number of halogens is 1. The van der Waals surface area contributed by atoms with Gasteiger partial charge in [0.25, 0.3) is 5.91 Å². The van der Waals surface area contributed by atoms with E-state index in [4.69, 9.17) is 4.74 Å². The molecule has 0 saturated heterocycles. The lowest BCUT2D eigenvalue weighted by molar-refractivity contribution is -0.147. The molecule has 23 heavy (non-hydrogen) atoms. The first-order valence-electron chi connectivity index (χ1n) is 7.27. The zero-order valence-corrected chi connectivity index (χ0v) is 13.3. The number of nitrogens with zero attached hydrogens (tertiary/aromatic N) is 2. The molecule has 2 aromatic rings. The van der Waals surface area contributed by atoms with Gasteiger partial charge in [0.2, 0.25) is 0 Å². The van der Waals surface area contributed by atoms with Gasteiger partial charge in [0, 0.05) is 17.6 Å². The van der Waals surface area contributed by atoms with Gasteiger partial charge >= 0.3 is 5.97 Å². The summed E-state index contributed by atoms with van der Waals surface area (Å²) in [7, 11) is 0. The van der Waals surface area contributed by atoms with E-state index in [2.05, 4.69) is 4.37 Å². The first-order chi connectivity index (χ1) is 11.1. The molecule has 0 fully saturated rings.